The van der Waals surface area contributed by atoms with Crippen molar-refractivity contribution in [2.24, 2.45) is 16.5 Å². The highest BCUT2D eigenvalue weighted by Gasteiger charge is 2.11. The van der Waals surface area contributed by atoms with Gasteiger partial charge in [0, 0.05) is 17.4 Å². The molecular formula is C23H21N5O. The molecule has 6 heteroatoms. The number of guanidine groups is 1. The zero-order chi connectivity index (χ0) is 20.1. The van der Waals surface area contributed by atoms with Gasteiger partial charge in [-0.15, -0.1) is 0 Å². The van der Waals surface area contributed by atoms with Crippen molar-refractivity contribution in [3.63, 3.8) is 0 Å². The molecule has 4 N–H and O–H groups in total. The Morgan fingerprint density at radius 3 is 2.38 bits per heavy atom. The van der Waals surface area contributed by atoms with Gasteiger partial charge in [0.1, 0.15) is 18.2 Å². The molecular weight excluding hydrogens is 362 g/mol. The van der Waals surface area contributed by atoms with E-state index < -0.39 is 0 Å². The van der Waals surface area contributed by atoms with E-state index in [1.165, 1.54) is 0 Å². The molecule has 0 saturated carbocycles. The van der Waals surface area contributed by atoms with E-state index in [1.807, 2.05) is 78.9 Å². The SMILES string of the molecule is NC(N)=Nc1nc(Cc2ccccc2OCc2ccccc2)nc2ccccc12. The van der Waals surface area contributed by atoms with Gasteiger partial charge in [-0.25, -0.2) is 9.97 Å². The molecule has 144 valence electrons. The largest absolute Gasteiger partial charge is 0.489 e. The molecule has 4 aromatic rings. The molecule has 0 aliphatic heterocycles. The Morgan fingerprint density at radius 2 is 1.55 bits per heavy atom. The molecule has 1 heterocycles. The van der Waals surface area contributed by atoms with Crippen LogP contribution in [-0.4, -0.2) is 15.9 Å². The van der Waals surface area contributed by atoms with E-state index in [2.05, 4.69) is 15.0 Å². The fourth-order valence-corrected chi connectivity index (χ4v) is 3.09. The topological polar surface area (TPSA) is 99.4 Å². The van der Waals surface area contributed by atoms with Gasteiger partial charge < -0.3 is 16.2 Å². The molecule has 0 aliphatic rings. The zero-order valence-corrected chi connectivity index (χ0v) is 15.8. The summed E-state index contributed by atoms with van der Waals surface area (Å²) in [4.78, 5) is 13.4. The number of hydrogen-bond donors (Lipinski definition) is 2. The summed E-state index contributed by atoms with van der Waals surface area (Å²) in [6, 6.07) is 25.6. The molecule has 0 atom stereocenters. The second kappa shape index (κ2) is 8.39. The normalized spacial score (nSPS) is 10.6. The number of nitrogens with two attached hydrogens (primary N) is 2. The molecule has 29 heavy (non-hydrogen) atoms. The molecule has 0 fully saturated rings. The van der Waals surface area contributed by atoms with Crippen LogP contribution in [0.1, 0.15) is 17.0 Å². The van der Waals surface area contributed by atoms with Gasteiger partial charge in [-0.3, -0.25) is 0 Å². The second-order valence-corrected chi connectivity index (χ2v) is 6.58. The molecule has 0 amide bonds. The number of para-hydroxylation sites is 2. The number of benzene rings is 3. The van der Waals surface area contributed by atoms with Crippen molar-refractivity contribution in [1.82, 2.24) is 9.97 Å². The van der Waals surface area contributed by atoms with Crippen LogP contribution in [0.2, 0.25) is 0 Å². The van der Waals surface area contributed by atoms with Crippen molar-refractivity contribution >= 4 is 22.7 Å². The average molecular weight is 383 g/mol. The lowest BCUT2D eigenvalue weighted by Crippen LogP contribution is -2.22. The van der Waals surface area contributed by atoms with Crippen LogP contribution < -0.4 is 16.2 Å². The third-order valence-electron chi connectivity index (χ3n) is 4.42. The van der Waals surface area contributed by atoms with E-state index in [0.717, 1.165) is 27.8 Å². The first kappa shape index (κ1) is 18.4. The average Bonchev–Trinajstić information content (AvgIpc) is 2.73. The third-order valence-corrected chi connectivity index (χ3v) is 4.42. The predicted octanol–water partition coefficient (Wildman–Crippen LogP) is 3.70. The van der Waals surface area contributed by atoms with Gasteiger partial charge >= 0.3 is 0 Å². The maximum atomic E-state index is 6.05. The van der Waals surface area contributed by atoms with Crippen LogP contribution in [0, 0.1) is 0 Å². The molecule has 0 radical (unpaired) electrons. The van der Waals surface area contributed by atoms with Crippen molar-refractivity contribution in [2.75, 3.05) is 0 Å². The number of aliphatic imine (C=N–C) groups is 1. The first-order valence-corrected chi connectivity index (χ1v) is 9.29. The lowest BCUT2D eigenvalue weighted by Gasteiger charge is -2.12. The summed E-state index contributed by atoms with van der Waals surface area (Å²) in [7, 11) is 0. The lowest BCUT2D eigenvalue weighted by atomic mass is 10.1. The zero-order valence-electron chi connectivity index (χ0n) is 15.8. The molecule has 0 unspecified atom stereocenters. The number of aromatic nitrogens is 2. The van der Waals surface area contributed by atoms with Gasteiger partial charge in [0.15, 0.2) is 11.8 Å². The monoisotopic (exact) mass is 383 g/mol. The van der Waals surface area contributed by atoms with E-state index in [-0.39, 0.29) is 5.96 Å². The van der Waals surface area contributed by atoms with Crippen LogP contribution in [0.5, 0.6) is 5.75 Å². The Bertz CT molecular complexity index is 1150. The molecule has 0 aliphatic carbocycles. The summed E-state index contributed by atoms with van der Waals surface area (Å²) in [5.74, 6) is 1.86. The Labute approximate surface area is 168 Å². The minimum absolute atomic E-state index is 0.0357. The van der Waals surface area contributed by atoms with Crippen LogP contribution in [0.4, 0.5) is 5.82 Å². The summed E-state index contributed by atoms with van der Waals surface area (Å²) in [5, 5.41) is 0.804. The van der Waals surface area contributed by atoms with Gasteiger partial charge in [-0.2, -0.15) is 4.99 Å². The summed E-state index contributed by atoms with van der Waals surface area (Å²) in [6.07, 6.45) is 0.503. The molecule has 0 bridgehead atoms. The van der Waals surface area contributed by atoms with Gasteiger partial charge in [-0.1, -0.05) is 60.7 Å². The number of rotatable bonds is 6. The van der Waals surface area contributed by atoms with Gasteiger partial charge in [0.2, 0.25) is 0 Å². The second-order valence-electron chi connectivity index (χ2n) is 6.58. The molecule has 0 saturated heterocycles. The van der Waals surface area contributed by atoms with Crippen LogP contribution in [0.25, 0.3) is 10.9 Å². The summed E-state index contributed by atoms with van der Waals surface area (Å²) in [6.45, 7) is 0.496. The van der Waals surface area contributed by atoms with E-state index in [9.17, 15) is 0 Å². The van der Waals surface area contributed by atoms with Gasteiger partial charge in [0.25, 0.3) is 0 Å². The third kappa shape index (κ3) is 4.50. The smallest absolute Gasteiger partial charge is 0.192 e. The summed E-state index contributed by atoms with van der Waals surface area (Å²) >= 11 is 0. The molecule has 6 nitrogen and oxygen atoms in total. The minimum Gasteiger partial charge on any atom is -0.489 e. The van der Waals surface area contributed by atoms with E-state index in [0.29, 0.717) is 24.7 Å². The van der Waals surface area contributed by atoms with Crippen LogP contribution in [0.15, 0.2) is 83.9 Å². The van der Waals surface area contributed by atoms with Gasteiger partial charge in [-0.05, 0) is 23.8 Å². The lowest BCUT2D eigenvalue weighted by molar-refractivity contribution is 0.303. The number of nitrogens with zero attached hydrogens (tertiary/aromatic N) is 3. The van der Waals surface area contributed by atoms with E-state index >= 15 is 0 Å². The van der Waals surface area contributed by atoms with Crippen molar-refractivity contribution in [1.29, 1.82) is 0 Å². The number of fused-ring (bicyclic) bond motifs is 1. The standard InChI is InChI=1S/C23H21N5O/c24-23(25)28-22-18-11-5-6-12-19(18)26-21(27-22)14-17-10-4-7-13-20(17)29-15-16-8-2-1-3-9-16/h1-13H,14-15H2,(H4,24,25,26,27,28). The Morgan fingerprint density at radius 1 is 0.828 bits per heavy atom. The quantitative estimate of drug-likeness (QED) is 0.391. The Hall–Kier alpha value is -3.93. The molecule has 1 aromatic heterocycles. The summed E-state index contributed by atoms with van der Waals surface area (Å²) < 4.78 is 6.05. The Balaban J connectivity index is 1.64. The van der Waals surface area contributed by atoms with Crippen LogP contribution >= 0.6 is 0 Å². The van der Waals surface area contributed by atoms with Crippen molar-refractivity contribution in [3.05, 3.63) is 95.8 Å². The fraction of sp³-hybridized carbons (Fsp3) is 0.0870. The van der Waals surface area contributed by atoms with Crippen molar-refractivity contribution < 1.29 is 4.74 Å². The van der Waals surface area contributed by atoms with Crippen LogP contribution in [-0.2, 0) is 13.0 Å². The maximum Gasteiger partial charge on any atom is 0.192 e. The number of hydrogen-bond acceptors (Lipinski definition) is 4. The predicted molar refractivity (Wildman–Crippen MR) is 115 cm³/mol. The molecule has 4 rings (SSSR count). The van der Waals surface area contributed by atoms with Crippen molar-refractivity contribution in [3.8, 4) is 5.75 Å². The maximum absolute atomic E-state index is 6.05. The van der Waals surface area contributed by atoms with E-state index in [4.69, 9.17) is 16.2 Å². The van der Waals surface area contributed by atoms with Crippen LogP contribution in [0.3, 0.4) is 0 Å². The molecule has 0 spiro atoms. The first-order valence-electron chi connectivity index (χ1n) is 9.29. The highest BCUT2D eigenvalue weighted by molar-refractivity contribution is 5.91. The highest BCUT2D eigenvalue weighted by Crippen LogP contribution is 2.26. The van der Waals surface area contributed by atoms with Crippen molar-refractivity contribution in [2.45, 2.75) is 13.0 Å². The first-order chi connectivity index (χ1) is 14.2. The Kier molecular flexibility index (Phi) is 5.33. The minimum atomic E-state index is -0.0357. The number of ether oxygens (including phenoxy) is 1. The fourth-order valence-electron chi connectivity index (χ4n) is 3.09. The van der Waals surface area contributed by atoms with Gasteiger partial charge in [0.05, 0.1) is 5.52 Å². The van der Waals surface area contributed by atoms with E-state index in [1.54, 1.807) is 0 Å². The summed E-state index contributed by atoms with van der Waals surface area (Å²) in [5.41, 5.74) is 14.1. The highest BCUT2D eigenvalue weighted by atomic mass is 16.5. The molecule has 3 aromatic carbocycles.